The molecule has 0 fully saturated rings. The molecule has 1 aliphatic heterocycles. The summed E-state index contributed by atoms with van der Waals surface area (Å²) in [5.41, 5.74) is 2.67. The van der Waals surface area contributed by atoms with Crippen molar-refractivity contribution in [2.24, 2.45) is 0 Å². The van der Waals surface area contributed by atoms with Crippen LogP contribution in [0, 0.1) is 0 Å². The molecule has 2 N–H and O–H groups in total. The maximum absolute atomic E-state index is 13.0. The van der Waals surface area contributed by atoms with E-state index >= 15 is 0 Å². The van der Waals surface area contributed by atoms with E-state index in [0.717, 1.165) is 10.0 Å². The fourth-order valence-electron chi connectivity index (χ4n) is 3.40. The van der Waals surface area contributed by atoms with Crippen LogP contribution in [-0.2, 0) is 20.7 Å². The summed E-state index contributed by atoms with van der Waals surface area (Å²) in [5, 5.41) is 11.8. The van der Waals surface area contributed by atoms with Crippen LogP contribution >= 0.6 is 15.9 Å². The molecule has 2 aromatic rings. The Morgan fingerprint density at radius 3 is 2.50 bits per heavy atom. The van der Waals surface area contributed by atoms with E-state index in [4.69, 9.17) is 9.84 Å². The first-order valence-electron chi connectivity index (χ1n) is 9.36. The van der Waals surface area contributed by atoms with Gasteiger partial charge in [-0.1, -0.05) is 40.2 Å². The number of rotatable bonds is 6. The number of carboxylic acids is 1. The Kier molecular flexibility index (Phi) is 6.56. The van der Waals surface area contributed by atoms with Gasteiger partial charge in [0, 0.05) is 10.2 Å². The van der Waals surface area contributed by atoms with Gasteiger partial charge in [-0.15, -0.1) is 0 Å². The number of anilines is 1. The van der Waals surface area contributed by atoms with Gasteiger partial charge in [-0.3, -0.25) is 9.69 Å². The predicted octanol–water partition coefficient (Wildman–Crippen LogP) is 4.18. The molecule has 1 unspecified atom stereocenters. The van der Waals surface area contributed by atoms with Crippen LogP contribution in [-0.4, -0.2) is 29.7 Å². The number of urea groups is 1. The highest BCUT2D eigenvalue weighted by Crippen LogP contribution is 2.35. The van der Waals surface area contributed by atoms with Crippen LogP contribution in [0.15, 0.2) is 64.3 Å². The van der Waals surface area contributed by atoms with Gasteiger partial charge in [0.2, 0.25) is 0 Å². The molecule has 2 amide bonds. The number of hydrogen-bond donors (Lipinski definition) is 2. The van der Waals surface area contributed by atoms with Crippen molar-refractivity contribution in [3.63, 3.8) is 0 Å². The summed E-state index contributed by atoms with van der Waals surface area (Å²) in [6.45, 7) is 3.63. The lowest BCUT2D eigenvalue weighted by molar-refractivity contribution is -0.139. The highest BCUT2D eigenvalue weighted by atomic mass is 79.9. The zero-order valence-corrected chi connectivity index (χ0v) is 18.1. The standard InChI is InChI=1S/C22H21BrN2O5/c1-3-30-21(28)19-13(2)25(17-9-7-14(8-10-17)11-18(26)27)22(29)24-20(19)15-5-4-6-16(23)12-15/h4-10,12,20H,3,11H2,1-2H3,(H,24,29)(H,26,27). The first-order chi connectivity index (χ1) is 14.3. The molecule has 2 aromatic carbocycles. The van der Waals surface area contributed by atoms with E-state index in [1.807, 2.05) is 24.3 Å². The van der Waals surface area contributed by atoms with Crippen molar-refractivity contribution < 1.29 is 24.2 Å². The maximum Gasteiger partial charge on any atom is 0.338 e. The number of nitrogens with one attached hydrogen (secondary N) is 1. The van der Waals surface area contributed by atoms with Crippen LogP contribution in [0.1, 0.15) is 31.0 Å². The number of carbonyl (C=O) groups is 3. The summed E-state index contributed by atoms with van der Waals surface area (Å²) >= 11 is 3.42. The van der Waals surface area contributed by atoms with Crippen molar-refractivity contribution in [2.75, 3.05) is 11.5 Å². The van der Waals surface area contributed by atoms with Crippen LogP contribution < -0.4 is 10.2 Å². The quantitative estimate of drug-likeness (QED) is 0.614. The van der Waals surface area contributed by atoms with Gasteiger partial charge in [-0.2, -0.15) is 0 Å². The maximum atomic E-state index is 13.0. The Balaban J connectivity index is 2.06. The van der Waals surface area contributed by atoms with Gasteiger partial charge in [-0.25, -0.2) is 9.59 Å². The molecular weight excluding hydrogens is 452 g/mol. The molecule has 0 aliphatic carbocycles. The molecule has 0 spiro atoms. The molecule has 0 radical (unpaired) electrons. The summed E-state index contributed by atoms with van der Waals surface area (Å²) < 4.78 is 6.09. The number of aliphatic carboxylic acids is 1. The molecule has 8 heteroatoms. The number of hydrogen-bond acceptors (Lipinski definition) is 4. The first-order valence-corrected chi connectivity index (χ1v) is 10.2. The highest BCUT2D eigenvalue weighted by Gasteiger charge is 2.37. The molecule has 0 saturated carbocycles. The molecule has 0 saturated heterocycles. The average molecular weight is 473 g/mol. The summed E-state index contributed by atoms with van der Waals surface area (Å²) in [5.74, 6) is -1.44. The van der Waals surface area contributed by atoms with Crippen molar-refractivity contribution in [2.45, 2.75) is 26.3 Å². The molecule has 30 heavy (non-hydrogen) atoms. The van der Waals surface area contributed by atoms with Crippen LogP contribution in [0.25, 0.3) is 0 Å². The van der Waals surface area contributed by atoms with Gasteiger partial charge in [0.1, 0.15) is 0 Å². The number of esters is 1. The zero-order valence-electron chi connectivity index (χ0n) is 16.5. The number of carboxylic acid groups (broad SMARTS) is 1. The second kappa shape index (κ2) is 9.13. The van der Waals surface area contributed by atoms with Gasteiger partial charge in [0.05, 0.1) is 30.3 Å². The van der Waals surface area contributed by atoms with Gasteiger partial charge in [0.25, 0.3) is 0 Å². The number of amides is 2. The van der Waals surface area contributed by atoms with Crippen molar-refractivity contribution in [1.82, 2.24) is 5.32 Å². The fraction of sp³-hybridized carbons (Fsp3) is 0.227. The Bertz CT molecular complexity index is 1020. The van der Waals surface area contributed by atoms with Gasteiger partial charge >= 0.3 is 18.0 Å². The van der Waals surface area contributed by atoms with Crippen LogP contribution in [0.5, 0.6) is 0 Å². The predicted molar refractivity (Wildman–Crippen MR) is 115 cm³/mol. The largest absolute Gasteiger partial charge is 0.481 e. The molecule has 1 atom stereocenters. The number of carbonyl (C=O) groups excluding carboxylic acids is 2. The first kappa shape index (κ1) is 21.6. The summed E-state index contributed by atoms with van der Waals surface area (Å²) in [7, 11) is 0. The lowest BCUT2D eigenvalue weighted by Gasteiger charge is -2.35. The minimum Gasteiger partial charge on any atom is -0.481 e. The third-order valence-corrected chi connectivity index (χ3v) is 5.21. The second-order valence-electron chi connectivity index (χ2n) is 6.73. The molecule has 3 rings (SSSR count). The molecule has 0 bridgehead atoms. The monoisotopic (exact) mass is 472 g/mol. The van der Waals surface area contributed by atoms with Gasteiger partial charge in [-0.05, 0) is 49.2 Å². The average Bonchev–Trinajstić information content (AvgIpc) is 2.68. The topological polar surface area (TPSA) is 95.9 Å². The van der Waals surface area contributed by atoms with E-state index < -0.39 is 24.0 Å². The Hall–Kier alpha value is -3.13. The second-order valence-corrected chi connectivity index (χ2v) is 7.65. The van der Waals surface area contributed by atoms with Gasteiger partial charge in [0.15, 0.2) is 0 Å². The van der Waals surface area contributed by atoms with Crippen LogP contribution in [0.2, 0.25) is 0 Å². The van der Waals surface area contributed by atoms with Crippen molar-refractivity contribution in [3.05, 3.63) is 75.4 Å². The fourth-order valence-corrected chi connectivity index (χ4v) is 3.82. The minimum absolute atomic E-state index is 0.111. The van der Waals surface area contributed by atoms with Crippen molar-refractivity contribution in [1.29, 1.82) is 0 Å². The summed E-state index contributed by atoms with van der Waals surface area (Å²) in [6, 6.07) is 12.9. The Labute approximate surface area is 182 Å². The van der Waals surface area contributed by atoms with E-state index in [2.05, 4.69) is 21.2 Å². The smallest absolute Gasteiger partial charge is 0.338 e. The van der Waals surface area contributed by atoms with E-state index in [-0.39, 0.29) is 13.0 Å². The Morgan fingerprint density at radius 1 is 1.20 bits per heavy atom. The third-order valence-electron chi connectivity index (χ3n) is 4.71. The molecular formula is C22H21BrN2O5. The lowest BCUT2D eigenvalue weighted by Crippen LogP contribution is -2.48. The zero-order chi connectivity index (χ0) is 21.8. The molecule has 1 aliphatic rings. The van der Waals surface area contributed by atoms with E-state index in [1.54, 1.807) is 38.1 Å². The van der Waals surface area contributed by atoms with E-state index in [9.17, 15) is 14.4 Å². The molecule has 156 valence electrons. The normalized spacial score (nSPS) is 16.3. The number of nitrogens with zero attached hydrogens (tertiary/aromatic N) is 1. The summed E-state index contributed by atoms with van der Waals surface area (Å²) in [6.07, 6.45) is -0.111. The molecule has 1 heterocycles. The van der Waals surface area contributed by atoms with Gasteiger partial charge < -0.3 is 15.2 Å². The molecule has 0 aromatic heterocycles. The number of allylic oxidation sites excluding steroid dienone is 1. The number of benzene rings is 2. The molecule has 7 nitrogen and oxygen atoms in total. The summed E-state index contributed by atoms with van der Waals surface area (Å²) in [4.78, 5) is 38.1. The number of ether oxygens (including phenoxy) is 1. The minimum atomic E-state index is -0.934. The van der Waals surface area contributed by atoms with Crippen LogP contribution in [0.3, 0.4) is 0 Å². The van der Waals surface area contributed by atoms with Crippen molar-refractivity contribution in [3.8, 4) is 0 Å². The number of halogens is 1. The third kappa shape index (κ3) is 4.54. The van der Waals surface area contributed by atoms with E-state index in [0.29, 0.717) is 22.5 Å². The highest BCUT2D eigenvalue weighted by molar-refractivity contribution is 9.10. The lowest BCUT2D eigenvalue weighted by atomic mass is 9.94. The van der Waals surface area contributed by atoms with Crippen LogP contribution in [0.4, 0.5) is 10.5 Å². The SMILES string of the molecule is CCOC(=O)C1=C(C)N(c2ccc(CC(=O)O)cc2)C(=O)NC1c1cccc(Br)c1. The Morgan fingerprint density at radius 2 is 1.90 bits per heavy atom. The van der Waals surface area contributed by atoms with E-state index in [1.165, 1.54) is 4.90 Å². The van der Waals surface area contributed by atoms with Crippen molar-refractivity contribution >= 4 is 39.6 Å².